The number of imidazole rings is 1. The van der Waals surface area contributed by atoms with Gasteiger partial charge in [0.15, 0.2) is 11.2 Å². The molecule has 110 valence electrons. The number of rotatable bonds is 5. The number of aryl methyl sites for hydroxylation is 1. The highest BCUT2D eigenvalue weighted by Gasteiger charge is 2.17. The molecular formula is C11H17N5O4. The number of fused-ring (bicyclic) bond motifs is 1. The maximum Gasteiger partial charge on any atom is 0.329 e. The number of nitrogens with one attached hydrogen (secondary N) is 2. The second kappa shape index (κ2) is 5.47. The fourth-order valence-electron chi connectivity index (χ4n) is 1.98. The van der Waals surface area contributed by atoms with Crippen LogP contribution in [0.2, 0.25) is 0 Å². The van der Waals surface area contributed by atoms with Gasteiger partial charge < -0.3 is 20.1 Å². The first-order valence-corrected chi connectivity index (χ1v) is 6.18. The zero-order valence-corrected chi connectivity index (χ0v) is 11.3. The van der Waals surface area contributed by atoms with Gasteiger partial charge in [0.2, 0.25) is 5.95 Å². The van der Waals surface area contributed by atoms with Gasteiger partial charge >= 0.3 is 5.69 Å². The van der Waals surface area contributed by atoms with E-state index in [0.29, 0.717) is 5.95 Å². The largest absolute Gasteiger partial charge is 0.395 e. The summed E-state index contributed by atoms with van der Waals surface area (Å²) in [6.45, 7) is 1.87. The van der Waals surface area contributed by atoms with Crippen LogP contribution in [0.3, 0.4) is 0 Å². The number of H-pyrrole nitrogens is 1. The van der Waals surface area contributed by atoms with Crippen LogP contribution >= 0.6 is 0 Å². The lowest BCUT2D eigenvalue weighted by Gasteiger charge is -2.11. The van der Waals surface area contributed by atoms with E-state index in [1.165, 1.54) is 16.2 Å². The van der Waals surface area contributed by atoms with Crippen LogP contribution in [0.4, 0.5) is 5.95 Å². The number of aromatic nitrogens is 4. The van der Waals surface area contributed by atoms with Crippen LogP contribution in [0, 0.1) is 0 Å². The van der Waals surface area contributed by atoms with Gasteiger partial charge in [0.25, 0.3) is 5.56 Å². The Morgan fingerprint density at radius 1 is 1.45 bits per heavy atom. The van der Waals surface area contributed by atoms with Crippen molar-refractivity contribution in [3.8, 4) is 0 Å². The Kier molecular flexibility index (Phi) is 3.91. The van der Waals surface area contributed by atoms with Crippen molar-refractivity contribution >= 4 is 17.1 Å². The molecule has 0 spiro atoms. The van der Waals surface area contributed by atoms with E-state index in [4.69, 9.17) is 5.11 Å². The highest BCUT2D eigenvalue weighted by molar-refractivity contribution is 5.74. The minimum absolute atomic E-state index is 0.104. The lowest BCUT2D eigenvalue weighted by molar-refractivity contribution is 0.175. The first-order chi connectivity index (χ1) is 9.45. The van der Waals surface area contributed by atoms with Gasteiger partial charge in [0.05, 0.1) is 19.3 Å². The smallest absolute Gasteiger partial charge is 0.329 e. The van der Waals surface area contributed by atoms with Gasteiger partial charge in [-0.3, -0.25) is 14.3 Å². The van der Waals surface area contributed by atoms with Crippen molar-refractivity contribution in [2.45, 2.75) is 19.6 Å². The predicted molar refractivity (Wildman–Crippen MR) is 72.9 cm³/mol. The van der Waals surface area contributed by atoms with E-state index in [1.54, 1.807) is 6.92 Å². The zero-order chi connectivity index (χ0) is 14.9. The van der Waals surface area contributed by atoms with Crippen LogP contribution in [-0.4, -0.2) is 48.6 Å². The quantitative estimate of drug-likeness (QED) is 0.513. The van der Waals surface area contributed by atoms with Crippen LogP contribution in [0.15, 0.2) is 9.59 Å². The molecule has 0 amide bonds. The molecule has 9 heteroatoms. The summed E-state index contributed by atoms with van der Waals surface area (Å²) in [7, 11) is 1.50. The number of hydrogen-bond donors (Lipinski definition) is 4. The molecule has 0 aliphatic rings. The van der Waals surface area contributed by atoms with Gasteiger partial charge in [0.1, 0.15) is 0 Å². The van der Waals surface area contributed by atoms with Crippen LogP contribution in [0.1, 0.15) is 6.92 Å². The molecule has 9 nitrogen and oxygen atoms in total. The third-order valence-corrected chi connectivity index (χ3v) is 2.85. The average molecular weight is 283 g/mol. The Hall–Kier alpha value is -2.13. The summed E-state index contributed by atoms with van der Waals surface area (Å²) in [4.78, 5) is 29.9. The van der Waals surface area contributed by atoms with Crippen LogP contribution < -0.4 is 16.6 Å². The summed E-state index contributed by atoms with van der Waals surface area (Å²) >= 11 is 0. The molecule has 2 aromatic rings. The van der Waals surface area contributed by atoms with Gasteiger partial charge in [-0.2, -0.15) is 4.98 Å². The maximum absolute atomic E-state index is 12.0. The number of aliphatic hydroxyl groups is 2. The molecule has 0 aliphatic heterocycles. The molecule has 2 aromatic heterocycles. The second-order valence-electron chi connectivity index (χ2n) is 4.54. The molecular weight excluding hydrogens is 266 g/mol. The fourth-order valence-corrected chi connectivity index (χ4v) is 1.98. The first kappa shape index (κ1) is 14.3. The normalized spacial score (nSPS) is 12.8. The topological polar surface area (TPSA) is 125 Å². The fraction of sp³-hybridized carbons (Fsp3) is 0.545. The van der Waals surface area contributed by atoms with Gasteiger partial charge in [-0.25, -0.2) is 4.79 Å². The van der Waals surface area contributed by atoms with Crippen molar-refractivity contribution in [3.63, 3.8) is 0 Å². The third kappa shape index (κ3) is 2.45. The van der Waals surface area contributed by atoms with E-state index in [2.05, 4.69) is 15.3 Å². The van der Waals surface area contributed by atoms with E-state index >= 15 is 0 Å². The predicted octanol–water partition coefficient (Wildman–Crippen LogP) is -1.79. The molecule has 20 heavy (non-hydrogen) atoms. The molecule has 0 saturated heterocycles. The van der Waals surface area contributed by atoms with E-state index in [9.17, 15) is 14.7 Å². The summed E-state index contributed by atoms with van der Waals surface area (Å²) < 4.78 is 2.72. The molecule has 0 unspecified atom stereocenters. The molecule has 0 radical (unpaired) electrons. The number of aromatic amines is 1. The lowest BCUT2D eigenvalue weighted by atomic mass is 10.4. The van der Waals surface area contributed by atoms with Crippen molar-refractivity contribution in [3.05, 3.63) is 20.8 Å². The lowest BCUT2D eigenvalue weighted by Crippen LogP contribution is -2.29. The highest BCUT2D eigenvalue weighted by atomic mass is 16.3. The molecule has 2 heterocycles. The standard InChI is InChI=1S/C11H17N5O4/c1-6(18)5-16-7-8(13-10(16)12-3-4-17)15(2)11(20)14-9(7)19/h6,17-18H,3-5H2,1-2H3,(H,12,13)(H,14,19,20)/t6-/m1/s1. The van der Waals surface area contributed by atoms with E-state index in [0.717, 1.165) is 0 Å². The number of aliphatic hydroxyl groups excluding tert-OH is 2. The summed E-state index contributed by atoms with van der Waals surface area (Å²) in [5.74, 6) is 0.321. The average Bonchev–Trinajstić information content (AvgIpc) is 2.72. The molecule has 0 aromatic carbocycles. The monoisotopic (exact) mass is 283 g/mol. The van der Waals surface area contributed by atoms with Crippen LogP contribution in [-0.2, 0) is 13.6 Å². The Balaban J connectivity index is 2.72. The van der Waals surface area contributed by atoms with Crippen molar-refractivity contribution in [2.75, 3.05) is 18.5 Å². The summed E-state index contributed by atoms with van der Waals surface area (Å²) in [5, 5.41) is 21.3. The van der Waals surface area contributed by atoms with Crippen molar-refractivity contribution in [2.24, 2.45) is 7.05 Å². The molecule has 0 fully saturated rings. The molecule has 0 bridgehead atoms. The summed E-state index contributed by atoms with van der Waals surface area (Å²) in [6.07, 6.45) is -0.696. The van der Waals surface area contributed by atoms with Crippen molar-refractivity contribution in [1.82, 2.24) is 19.1 Å². The van der Waals surface area contributed by atoms with Gasteiger partial charge in [-0.1, -0.05) is 0 Å². The maximum atomic E-state index is 12.0. The van der Waals surface area contributed by atoms with Crippen molar-refractivity contribution < 1.29 is 10.2 Å². The number of hydrogen-bond acceptors (Lipinski definition) is 6. The Morgan fingerprint density at radius 3 is 2.75 bits per heavy atom. The second-order valence-corrected chi connectivity index (χ2v) is 4.54. The number of anilines is 1. The first-order valence-electron chi connectivity index (χ1n) is 6.18. The Labute approximate surface area is 113 Å². The Bertz CT molecular complexity index is 727. The van der Waals surface area contributed by atoms with Gasteiger partial charge in [0, 0.05) is 13.6 Å². The zero-order valence-electron chi connectivity index (χ0n) is 11.3. The van der Waals surface area contributed by atoms with Crippen LogP contribution in [0.25, 0.3) is 11.2 Å². The van der Waals surface area contributed by atoms with E-state index < -0.39 is 17.4 Å². The van der Waals surface area contributed by atoms with E-state index in [-0.39, 0.29) is 30.9 Å². The SMILES string of the molecule is C[C@@H](O)Cn1c(NCCO)nc2c1c(=O)[nH]c(=O)n2C. The molecule has 4 N–H and O–H groups in total. The highest BCUT2D eigenvalue weighted by Crippen LogP contribution is 2.15. The Morgan fingerprint density at radius 2 is 2.15 bits per heavy atom. The molecule has 0 saturated carbocycles. The van der Waals surface area contributed by atoms with Crippen LogP contribution in [0.5, 0.6) is 0 Å². The minimum atomic E-state index is -0.696. The van der Waals surface area contributed by atoms with E-state index in [1.807, 2.05) is 0 Å². The van der Waals surface area contributed by atoms with Gasteiger partial charge in [-0.05, 0) is 6.92 Å². The third-order valence-electron chi connectivity index (χ3n) is 2.85. The summed E-state index contributed by atoms with van der Waals surface area (Å²) in [5.41, 5.74) is -0.695. The molecule has 1 atom stereocenters. The minimum Gasteiger partial charge on any atom is -0.395 e. The molecule has 2 rings (SSSR count). The van der Waals surface area contributed by atoms with Gasteiger partial charge in [-0.15, -0.1) is 0 Å². The number of nitrogens with zero attached hydrogens (tertiary/aromatic N) is 3. The molecule has 0 aliphatic carbocycles. The van der Waals surface area contributed by atoms with Crippen molar-refractivity contribution in [1.29, 1.82) is 0 Å². The summed E-state index contributed by atoms with van der Waals surface area (Å²) in [6, 6.07) is 0.